The standard InChI is InChI=1S/C13H18N2O2/c1-2-8-15(11-5-6-11)9-10-4-3-7-14-12(10)13(16)17/h3-4,7,11H,2,5-6,8-9H2,1H3,(H,16,17). The first-order valence-corrected chi connectivity index (χ1v) is 6.13. The maximum atomic E-state index is 11.1. The van der Waals surface area contributed by atoms with Gasteiger partial charge in [-0.2, -0.15) is 0 Å². The Morgan fingerprint density at radius 1 is 1.59 bits per heavy atom. The maximum Gasteiger partial charge on any atom is 0.354 e. The molecule has 0 spiro atoms. The summed E-state index contributed by atoms with van der Waals surface area (Å²) in [5.41, 5.74) is 1.01. The van der Waals surface area contributed by atoms with Gasteiger partial charge in [0, 0.05) is 18.8 Å². The highest BCUT2D eigenvalue weighted by molar-refractivity contribution is 5.86. The van der Waals surface area contributed by atoms with Crippen molar-refractivity contribution in [2.75, 3.05) is 6.54 Å². The average Bonchev–Trinajstić information content (AvgIpc) is 3.13. The monoisotopic (exact) mass is 234 g/mol. The summed E-state index contributed by atoms with van der Waals surface area (Å²) in [6.45, 7) is 3.88. The Kier molecular flexibility index (Phi) is 3.74. The smallest absolute Gasteiger partial charge is 0.354 e. The fourth-order valence-corrected chi connectivity index (χ4v) is 2.10. The summed E-state index contributed by atoms with van der Waals surface area (Å²) < 4.78 is 0. The highest BCUT2D eigenvalue weighted by atomic mass is 16.4. The third kappa shape index (κ3) is 3.03. The van der Waals surface area contributed by atoms with Crippen LogP contribution >= 0.6 is 0 Å². The summed E-state index contributed by atoms with van der Waals surface area (Å²) in [4.78, 5) is 17.4. The first-order chi connectivity index (χ1) is 8.22. The van der Waals surface area contributed by atoms with Gasteiger partial charge in [-0.1, -0.05) is 13.0 Å². The molecule has 1 heterocycles. The van der Waals surface area contributed by atoms with Crippen LogP contribution in [0.1, 0.15) is 42.2 Å². The summed E-state index contributed by atoms with van der Waals surface area (Å²) >= 11 is 0. The van der Waals surface area contributed by atoms with Gasteiger partial charge in [-0.25, -0.2) is 9.78 Å². The van der Waals surface area contributed by atoms with Gasteiger partial charge in [0.05, 0.1) is 0 Å². The van der Waals surface area contributed by atoms with E-state index in [0.29, 0.717) is 12.6 Å². The third-order valence-electron chi connectivity index (χ3n) is 3.04. The number of carbonyl (C=O) groups is 1. The number of aromatic nitrogens is 1. The second kappa shape index (κ2) is 5.27. The minimum atomic E-state index is -0.937. The molecule has 1 saturated carbocycles. The van der Waals surface area contributed by atoms with Gasteiger partial charge < -0.3 is 5.11 Å². The molecular formula is C13H18N2O2. The molecule has 1 fully saturated rings. The molecule has 1 aliphatic rings. The van der Waals surface area contributed by atoms with Crippen molar-refractivity contribution in [2.45, 2.75) is 38.8 Å². The molecule has 17 heavy (non-hydrogen) atoms. The van der Waals surface area contributed by atoms with E-state index in [1.165, 1.54) is 19.0 Å². The summed E-state index contributed by atoms with van der Waals surface area (Å²) in [6.07, 6.45) is 5.11. The Balaban J connectivity index is 2.13. The van der Waals surface area contributed by atoms with E-state index in [0.717, 1.165) is 18.5 Å². The van der Waals surface area contributed by atoms with Gasteiger partial charge in [0.2, 0.25) is 0 Å². The molecule has 4 heteroatoms. The maximum absolute atomic E-state index is 11.1. The molecule has 0 radical (unpaired) electrons. The van der Waals surface area contributed by atoms with Gasteiger partial charge in [-0.05, 0) is 37.4 Å². The van der Waals surface area contributed by atoms with Gasteiger partial charge in [0.15, 0.2) is 5.69 Å². The van der Waals surface area contributed by atoms with Crippen LogP contribution in [-0.4, -0.2) is 33.5 Å². The summed E-state index contributed by atoms with van der Waals surface area (Å²) in [5.74, 6) is -0.937. The number of carboxylic acids is 1. The zero-order chi connectivity index (χ0) is 12.3. The number of aromatic carboxylic acids is 1. The average molecular weight is 234 g/mol. The normalized spacial score (nSPS) is 15.2. The lowest BCUT2D eigenvalue weighted by atomic mass is 10.1. The van der Waals surface area contributed by atoms with Crippen LogP contribution in [0, 0.1) is 0 Å². The van der Waals surface area contributed by atoms with Gasteiger partial charge in [-0.15, -0.1) is 0 Å². The van der Waals surface area contributed by atoms with Crippen molar-refractivity contribution in [3.8, 4) is 0 Å². The molecule has 1 aromatic rings. The first-order valence-electron chi connectivity index (χ1n) is 6.13. The van der Waals surface area contributed by atoms with Crippen LogP contribution in [0.5, 0.6) is 0 Å². The lowest BCUT2D eigenvalue weighted by Crippen LogP contribution is -2.27. The molecule has 0 saturated heterocycles. The Hall–Kier alpha value is -1.42. The van der Waals surface area contributed by atoms with Crippen LogP contribution in [0.3, 0.4) is 0 Å². The van der Waals surface area contributed by atoms with Crippen molar-refractivity contribution < 1.29 is 9.90 Å². The fourth-order valence-electron chi connectivity index (χ4n) is 2.10. The molecule has 0 amide bonds. The highest BCUT2D eigenvalue weighted by Crippen LogP contribution is 2.28. The predicted molar refractivity (Wildman–Crippen MR) is 64.9 cm³/mol. The van der Waals surface area contributed by atoms with E-state index in [1.54, 1.807) is 6.07 Å². The van der Waals surface area contributed by atoms with Crippen LogP contribution in [0.4, 0.5) is 0 Å². The van der Waals surface area contributed by atoms with Gasteiger partial charge >= 0.3 is 5.97 Å². The van der Waals surface area contributed by atoms with E-state index in [-0.39, 0.29) is 5.69 Å². The molecule has 0 bridgehead atoms. The largest absolute Gasteiger partial charge is 0.477 e. The molecule has 0 atom stereocenters. The van der Waals surface area contributed by atoms with E-state index in [1.807, 2.05) is 6.07 Å². The number of carboxylic acid groups (broad SMARTS) is 1. The Morgan fingerprint density at radius 2 is 2.35 bits per heavy atom. The molecule has 4 nitrogen and oxygen atoms in total. The zero-order valence-electron chi connectivity index (χ0n) is 10.1. The SMILES string of the molecule is CCCN(Cc1cccnc1C(=O)O)C1CC1. The molecular weight excluding hydrogens is 216 g/mol. The lowest BCUT2D eigenvalue weighted by Gasteiger charge is -2.21. The molecule has 1 aromatic heterocycles. The van der Waals surface area contributed by atoms with Gasteiger partial charge in [0.1, 0.15) is 0 Å². The molecule has 0 aromatic carbocycles. The number of hydrogen-bond donors (Lipinski definition) is 1. The Labute approximate surface area is 101 Å². The van der Waals surface area contributed by atoms with E-state index in [4.69, 9.17) is 5.11 Å². The molecule has 0 aliphatic heterocycles. The number of nitrogens with zero attached hydrogens (tertiary/aromatic N) is 2. The summed E-state index contributed by atoms with van der Waals surface area (Å²) in [7, 11) is 0. The predicted octanol–water partition coefficient (Wildman–Crippen LogP) is 2.15. The molecule has 2 rings (SSSR count). The van der Waals surface area contributed by atoms with E-state index in [2.05, 4.69) is 16.8 Å². The van der Waals surface area contributed by atoms with E-state index in [9.17, 15) is 4.79 Å². The van der Waals surface area contributed by atoms with Gasteiger partial charge in [0.25, 0.3) is 0 Å². The van der Waals surface area contributed by atoms with Crippen molar-refractivity contribution >= 4 is 5.97 Å². The van der Waals surface area contributed by atoms with Crippen molar-refractivity contribution in [3.05, 3.63) is 29.6 Å². The summed E-state index contributed by atoms with van der Waals surface area (Å²) in [6, 6.07) is 4.32. The van der Waals surface area contributed by atoms with Crippen LogP contribution in [0.2, 0.25) is 0 Å². The summed E-state index contributed by atoms with van der Waals surface area (Å²) in [5, 5.41) is 9.08. The van der Waals surface area contributed by atoms with Crippen LogP contribution < -0.4 is 0 Å². The second-order valence-corrected chi connectivity index (χ2v) is 4.52. The van der Waals surface area contributed by atoms with Crippen molar-refractivity contribution in [3.63, 3.8) is 0 Å². The second-order valence-electron chi connectivity index (χ2n) is 4.52. The van der Waals surface area contributed by atoms with Crippen LogP contribution in [-0.2, 0) is 6.54 Å². The van der Waals surface area contributed by atoms with Crippen molar-refractivity contribution in [1.29, 1.82) is 0 Å². The molecule has 1 N–H and O–H groups in total. The minimum Gasteiger partial charge on any atom is -0.477 e. The molecule has 0 unspecified atom stereocenters. The lowest BCUT2D eigenvalue weighted by molar-refractivity contribution is 0.0687. The number of rotatable bonds is 6. The first kappa shape index (κ1) is 12.0. The Bertz CT molecular complexity index is 402. The topological polar surface area (TPSA) is 53.4 Å². The highest BCUT2D eigenvalue weighted by Gasteiger charge is 2.29. The zero-order valence-corrected chi connectivity index (χ0v) is 10.1. The number of hydrogen-bond acceptors (Lipinski definition) is 3. The van der Waals surface area contributed by atoms with Gasteiger partial charge in [-0.3, -0.25) is 4.90 Å². The fraction of sp³-hybridized carbons (Fsp3) is 0.538. The van der Waals surface area contributed by atoms with E-state index < -0.39 is 5.97 Å². The minimum absolute atomic E-state index is 0.189. The number of pyridine rings is 1. The van der Waals surface area contributed by atoms with E-state index >= 15 is 0 Å². The van der Waals surface area contributed by atoms with Crippen LogP contribution in [0.15, 0.2) is 18.3 Å². The van der Waals surface area contributed by atoms with Crippen LogP contribution in [0.25, 0.3) is 0 Å². The third-order valence-corrected chi connectivity index (χ3v) is 3.04. The quantitative estimate of drug-likeness (QED) is 0.819. The Morgan fingerprint density at radius 3 is 2.94 bits per heavy atom. The van der Waals surface area contributed by atoms with Crippen molar-refractivity contribution in [1.82, 2.24) is 9.88 Å². The molecule has 1 aliphatic carbocycles. The molecule has 92 valence electrons. The van der Waals surface area contributed by atoms with Crippen molar-refractivity contribution in [2.24, 2.45) is 0 Å².